The molecule has 0 N–H and O–H groups in total. The van der Waals surface area contributed by atoms with E-state index in [9.17, 15) is 0 Å². The fourth-order valence-corrected chi connectivity index (χ4v) is 9.30. The Morgan fingerprint density at radius 1 is 0.390 bits per heavy atom. The minimum Gasteiger partial charge on any atom is -0.456 e. The quantitative estimate of drug-likeness (QED) is 0.158. The normalized spacial score (nSPS) is 12.2. The summed E-state index contributed by atoms with van der Waals surface area (Å²) in [6.45, 7) is 4.56. The fraction of sp³-hybridized carbons (Fsp3) is 0.0526. The van der Waals surface area contributed by atoms with E-state index in [1.165, 1.54) is 82.8 Å². The van der Waals surface area contributed by atoms with E-state index in [0.717, 1.165) is 27.8 Å². The summed E-state index contributed by atoms with van der Waals surface area (Å²) in [5.74, 6) is 0.101. The molecule has 0 aliphatic rings. The van der Waals surface area contributed by atoms with E-state index >= 15 is 0 Å². The maximum absolute atomic E-state index is 6.57. The molecule has 2 heterocycles. The van der Waals surface area contributed by atoms with Crippen molar-refractivity contribution in [1.29, 1.82) is 0 Å². The number of hydrogen-bond acceptors (Lipinski definition) is 1. The Bertz CT molecular complexity index is 3350. The standard InChI is InChI=1S/C57H41NO/c1-37-15-9-10-22-46(37)51-34-42(27-30-47(51)38(2)48-24-14-26-55-57(48)50-31-28-44(36-56(50)59-55)40-18-7-4-8-19-40)43-29-32-54-52(35-43)49-23-11-12-25-53(49)58(54)45-21-13-20-41(33-45)39-16-5-3-6-17-39/h3-36,38H,1-2H3. The molecule has 0 aliphatic carbocycles. The highest BCUT2D eigenvalue weighted by molar-refractivity contribution is 6.11. The second-order valence-electron chi connectivity index (χ2n) is 15.7. The van der Waals surface area contributed by atoms with Crippen LogP contribution in [-0.2, 0) is 0 Å². The lowest BCUT2D eigenvalue weighted by molar-refractivity contribution is 0.668. The predicted molar refractivity (Wildman–Crippen MR) is 248 cm³/mol. The molecule has 11 aromatic rings. The first-order chi connectivity index (χ1) is 29.1. The molecule has 11 rings (SSSR count). The van der Waals surface area contributed by atoms with E-state index in [4.69, 9.17) is 4.42 Å². The molecule has 280 valence electrons. The first-order valence-corrected chi connectivity index (χ1v) is 20.5. The van der Waals surface area contributed by atoms with Gasteiger partial charge in [0.2, 0.25) is 0 Å². The van der Waals surface area contributed by atoms with Gasteiger partial charge in [-0.05, 0) is 123 Å². The minimum atomic E-state index is 0.101. The summed E-state index contributed by atoms with van der Waals surface area (Å²) < 4.78 is 8.98. The zero-order valence-electron chi connectivity index (χ0n) is 33.1. The maximum Gasteiger partial charge on any atom is 0.136 e. The Labute approximate surface area is 344 Å². The third kappa shape index (κ3) is 5.96. The molecule has 1 atom stereocenters. The van der Waals surface area contributed by atoms with Crippen molar-refractivity contribution in [1.82, 2.24) is 4.57 Å². The smallest absolute Gasteiger partial charge is 0.136 e. The second-order valence-corrected chi connectivity index (χ2v) is 15.7. The van der Waals surface area contributed by atoms with Gasteiger partial charge in [-0.25, -0.2) is 0 Å². The van der Waals surface area contributed by atoms with Crippen molar-refractivity contribution in [2.24, 2.45) is 0 Å². The molecule has 0 fully saturated rings. The number of aryl methyl sites for hydroxylation is 1. The van der Waals surface area contributed by atoms with Crippen molar-refractivity contribution in [2.75, 3.05) is 0 Å². The van der Waals surface area contributed by atoms with Crippen LogP contribution in [0.15, 0.2) is 211 Å². The Balaban J connectivity index is 1.04. The number of fused-ring (bicyclic) bond motifs is 6. The number of para-hydroxylation sites is 1. The largest absolute Gasteiger partial charge is 0.456 e. The van der Waals surface area contributed by atoms with Gasteiger partial charge < -0.3 is 8.98 Å². The molecular formula is C57H41NO. The maximum atomic E-state index is 6.57. The SMILES string of the molecule is Cc1ccccc1-c1cc(-c2ccc3c(c2)c2ccccc2n3-c2cccc(-c3ccccc3)c2)ccc1C(C)c1cccc2oc3cc(-c4ccccc4)ccc3c12. The highest BCUT2D eigenvalue weighted by Gasteiger charge is 2.22. The van der Waals surface area contributed by atoms with Crippen molar-refractivity contribution < 1.29 is 4.42 Å². The lowest BCUT2D eigenvalue weighted by Crippen LogP contribution is -2.01. The van der Waals surface area contributed by atoms with Gasteiger partial charge in [-0.3, -0.25) is 0 Å². The lowest BCUT2D eigenvalue weighted by atomic mass is 9.83. The number of benzene rings is 9. The monoisotopic (exact) mass is 755 g/mol. The Morgan fingerprint density at radius 3 is 1.83 bits per heavy atom. The van der Waals surface area contributed by atoms with E-state index in [-0.39, 0.29) is 5.92 Å². The van der Waals surface area contributed by atoms with Crippen LogP contribution in [0.4, 0.5) is 0 Å². The molecule has 1 unspecified atom stereocenters. The van der Waals surface area contributed by atoms with Crippen LogP contribution in [0.25, 0.3) is 93.9 Å². The van der Waals surface area contributed by atoms with E-state index in [0.29, 0.717) is 0 Å². The van der Waals surface area contributed by atoms with E-state index in [2.05, 4.69) is 225 Å². The Hall–Kier alpha value is -7.42. The first kappa shape index (κ1) is 34.8. The average Bonchev–Trinajstić information content (AvgIpc) is 3.84. The van der Waals surface area contributed by atoms with Crippen molar-refractivity contribution in [3.63, 3.8) is 0 Å². The molecule has 0 radical (unpaired) electrons. The summed E-state index contributed by atoms with van der Waals surface area (Å²) in [6.07, 6.45) is 0. The van der Waals surface area contributed by atoms with Gasteiger partial charge in [0.15, 0.2) is 0 Å². The second kappa shape index (κ2) is 14.2. The number of furan rings is 1. The van der Waals surface area contributed by atoms with Crippen LogP contribution in [0.2, 0.25) is 0 Å². The third-order valence-electron chi connectivity index (χ3n) is 12.3. The highest BCUT2D eigenvalue weighted by atomic mass is 16.3. The zero-order valence-corrected chi connectivity index (χ0v) is 33.1. The first-order valence-electron chi connectivity index (χ1n) is 20.5. The van der Waals surface area contributed by atoms with Crippen LogP contribution in [0.1, 0.15) is 29.5 Å². The number of hydrogen-bond donors (Lipinski definition) is 0. The van der Waals surface area contributed by atoms with Gasteiger partial charge in [-0.15, -0.1) is 0 Å². The predicted octanol–water partition coefficient (Wildman–Crippen LogP) is 15.8. The molecule has 9 aromatic carbocycles. The van der Waals surface area contributed by atoms with Crippen molar-refractivity contribution in [3.05, 3.63) is 223 Å². The minimum absolute atomic E-state index is 0.101. The summed E-state index contributed by atoms with van der Waals surface area (Å²) in [4.78, 5) is 0. The average molecular weight is 756 g/mol. The van der Waals surface area contributed by atoms with Crippen molar-refractivity contribution >= 4 is 43.7 Å². The molecule has 0 bridgehead atoms. The molecule has 0 aliphatic heterocycles. The van der Waals surface area contributed by atoms with Gasteiger partial charge in [0.05, 0.1) is 11.0 Å². The van der Waals surface area contributed by atoms with Crippen LogP contribution >= 0.6 is 0 Å². The molecule has 2 heteroatoms. The van der Waals surface area contributed by atoms with E-state index in [1.54, 1.807) is 0 Å². The van der Waals surface area contributed by atoms with Crippen LogP contribution in [0.5, 0.6) is 0 Å². The molecule has 0 saturated heterocycles. The van der Waals surface area contributed by atoms with E-state index < -0.39 is 0 Å². The molecule has 0 saturated carbocycles. The number of rotatable bonds is 7. The fourth-order valence-electron chi connectivity index (χ4n) is 9.30. The molecule has 0 amide bonds. The summed E-state index contributed by atoms with van der Waals surface area (Å²) in [7, 11) is 0. The van der Waals surface area contributed by atoms with Crippen molar-refractivity contribution in [2.45, 2.75) is 19.8 Å². The van der Waals surface area contributed by atoms with Gasteiger partial charge in [-0.2, -0.15) is 0 Å². The summed E-state index contributed by atoms with van der Waals surface area (Å²) in [6, 6.07) is 74.8. The summed E-state index contributed by atoms with van der Waals surface area (Å²) >= 11 is 0. The number of aromatic nitrogens is 1. The van der Waals surface area contributed by atoms with Gasteiger partial charge in [0.1, 0.15) is 11.2 Å². The molecule has 0 spiro atoms. The molecule has 2 aromatic heterocycles. The zero-order chi connectivity index (χ0) is 39.5. The highest BCUT2D eigenvalue weighted by Crippen LogP contribution is 2.43. The topological polar surface area (TPSA) is 18.1 Å². The van der Waals surface area contributed by atoms with Gasteiger partial charge in [-0.1, -0.05) is 159 Å². The number of nitrogens with zero attached hydrogens (tertiary/aromatic N) is 1. The Kier molecular flexibility index (Phi) is 8.37. The summed E-state index contributed by atoms with van der Waals surface area (Å²) in [5, 5.41) is 4.82. The van der Waals surface area contributed by atoms with Gasteiger partial charge in [0, 0.05) is 33.2 Å². The van der Waals surface area contributed by atoms with Crippen LogP contribution < -0.4 is 0 Å². The molecular weight excluding hydrogens is 715 g/mol. The van der Waals surface area contributed by atoms with E-state index in [1.807, 2.05) is 0 Å². The lowest BCUT2D eigenvalue weighted by Gasteiger charge is -2.21. The summed E-state index contributed by atoms with van der Waals surface area (Å²) in [5.41, 5.74) is 18.9. The third-order valence-corrected chi connectivity index (χ3v) is 12.3. The molecule has 2 nitrogen and oxygen atoms in total. The van der Waals surface area contributed by atoms with Gasteiger partial charge >= 0.3 is 0 Å². The van der Waals surface area contributed by atoms with Gasteiger partial charge in [0.25, 0.3) is 0 Å². The van der Waals surface area contributed by atoms with Crippen LogP contribution in [0, 0.1) is 6.92 Å². The molecule has 59 heavy (non-hydrogen) atoms. The van der Waals surface area contributed by atoms with Crippen LogP contribution in [-0.4, -0.2) is 4.57 Å². The van der Waals surface area contributed by atoms with Crippen LogP contribution in [0.3, 0.4) is 0 Å². The Morgan fingerprint density at radius 2 is 1.02 bits per heavy atom. The van der Waals surface area contributed by atoms with Crippen molar-refractivity contribution in [3.8, 4) is 50.2 Å².